The number of amides is 1. The second-order valence-electron chi connectivity index (χ2n) is 3.93. The molecule has 1 aromatic heterocycles. The summed E-state index contributed by atoms with van der Waals surface area (Å²) in [5, 5.41) is 9.26. The Balaban J connectivity index is 1.85. The number of ether oxygens (including phenoxy) is 1. The molecular formula is C14H15N3O2. The molecule has 0 fully saturated rings. The quantitative estimate of drug-likeness (QED) is 0.802. The molecular weight excluding hydrogens is 242 g/mol. The normalized spacial score (nSPS) is 10.6. The van der Waals surface area contributed by atoms with E-state index in [-0.39, 0.29) is 5.91 Å². The summed E-state index contributed by atoms with van der Waals surface area (Å²) >= 11 is 0. The van der Waals surface area contributed by atoms with E-state index in [9.17, 15) is 4.79 Å². The van der Waals surface area contributed by atoms with E-state index in [1.165, 1.54) is 6.08 Å². The SMILES string of the molecule is COc1ccc(/C=C/C(=O)NCc2cn[nH]c2)cc1. The van der Waals surface area contributed by atoms with Gasteiger partial charge in [-0.05, 0) is 23.8 Å². The van der Waals surface area contributed by atoms with Gasteiger partial charge in [0.25, 0.3) is 0 Å². The molecule has 0 saturated heterocycles. The monoisotopic (exact) mass is 257 g/mol. The van der Waals surface area contributed by atoms with Gasteiger partial charge < -0.3 is 10.1 Å². The molecule has 2 aromatic rings. The van der Waals surface area contributed by atoms with Crippen LogP contribution in [0.15, 0.2) is 42.7 Å². The van der Waals surface area contributed by atoms with Crippen molar-refractivity contribution in [1.82, 2.24) is 15.5 Å². The number of nitrogens with zero attached hydrogens (tertiary/aromatic N) is 1. The zero-order chi connectivity index (χ0) is 13.5. The molecule has 1 aromatic carbocycles. The third-order valence-electron chi connectivity index (χ3n) is 2.56. The van der Waals surface area contributed by atoms with Gasteiger partial charge >= 0.3 is 0 Å². The summed E-state index contributed by atoms with van der Waals surface area (Å²) in [4.78, 5) is 11.6. The molecule has 0 unspecified atom stereocenters. The van der Waals surface area contributed by atoms with Gasteiger partial charge in [-0.1, -0.05) is 12.1 Å². The van der Waals surface area contributed by atoms with Crippen LogP contribution in [0.3, 0.4) is 0 Å². The lowest BCUT2D eigenvalue weighted by molar-refractivity contribution is -0.116. The zero-order valence-corrected chi connectivity index (χ0v) is 10.6. The fraction of sp³-hybridized carbons (Fsp3) is 0.143. The van der Waals surface area contributed by atoms with E-state index in [4.69, 9.17) is 4.74 Å². The van der Waals surface area contributed by atoms with Gasteiger partial charge in [0.1, 0.15) is 5.75 Å². The molecule has 5 heteroatoms. The van der Waals surface area contributed by atoms with Crippen LogP contribution >= 0.6 is 0 Å². The van der Waals surface area contributed by atoms with E-state index in [0.29, 0.717) is 6.54 Å². The molecule has 98 valence electrons. The van der Waals surface area contributed by atoms with Crippen molar-refractivity contribution in [2.45, 2.75) is 6.54 Å². The molecule has 0 spiro atoms. The molecule has 0 aliphatic heterocycles. The summed E-state index contributed by atoms with van der Waals surface area (Å²) in [6, 6.07) is 7.48. The smallest absolute Gasteiger partial charge is 0.244 e. The molecule has 1 heterocycles. The highest BCUT2D eigenvalue weighted by Gasteiger charge is 1.97. The summed E-state index contributed by atoms with van der Waals surface area (Å²) in [5.41, 5.74) is 1.88. The van der Waals surface area contributed by atoms with Crippen molar-refractivity contribution in [3.05, 3.63) is 53.9 Å². The van der Waals surface area contributed by atoms with Gasteiger partial charge in [0.15, 0.2) is 0 Å². The van der Waals surface area contributed by atoms with Gasteiger partial charge in [-0.15, -0.1) is 0 Å². The Morgan fingerprint density at radius 1 is 1.42 bits per heavy atom. The van der Waals surface area contributed by atoms with Crippen molar-refractivity contribution in [2.24, 2.45) is 0 Å². The lowest BCUT2D eigenvalue weighted by Crippen LogP contribution is -2.19. The minimum atomic E-state index is -0.142. The third kappa shape index (κ3) is 3.99. The highest BCUT2D eigenvalue weighted by molar-refractivity contribution is 5.91. The maximum absolute atomic E-state index is 11.6. The van der Waals surface area contributed by atoms with Crippen LogP contribution < -0.4 is 10.1 Å². The number of nitrogens with one attached hydrogen (secondary N) is 2. The van der Waals surface area contributed by atoms with Gasteiger partial charge in [-0.3, -0.25) is 9.89 Å². The predicted molar refractivity (Wildman–Crippen MR) is 72.5 cm³/mol. The van der Waals surface area contributed by atoms with Crippen LogP contribution in [0.25, 0.3) is 6.08 Å². The Hall–Kier alpha value is -2.56. The first kappa shape index (κ1) is 12.9. The molecule has 0 bridgehead atoms. The summed E-state index contributed by atoms with van der Waals surface area (Å²) in [6.45, 7) is 0.461. The molecule has 0 aliphatic rings. The Bertz CT molecular complexity index is 545. The van der Waals surface area contributed by atoms with E-state index in [0.717, 1.165) is 16.9 Å². The summed E-state index contributed by atoms with van der Waals surface area (Å²) < 4.78 is 5.06. The maximum atomic E-state index is 11.6. The first-order chi connectivity index (χ1) is 9.28. The minimum Gasteiger partial charge on any atom is -0.497 e. The molecule has 2 N–H and O–H groups in total. The largest absolute Gasteiger partial charge is 0.497 e. The molecule has 2 rings (SSSR count). The zero-order valence-electron chi connectivity index (χ0n) is 10.6. The molecule has 5 nitrogen and oxygen atoms in total. The Labute approximate surface area is 111 Å². The van der Waals surface area contributed by atoms with E-state index in [2.05, 4.69) is 15.5 Å². The first-order valence-corrected chi connectivity index (χ1v) is 5.85. The molecule has 0 radical (unpaired) electrons. The number of hydrogen-bond donors (Lipinski definition) is 2. The Morgan fingerprint density at radius 2 is 2.21 bits per heavy atom. The van der Waals surface area contributed by atoms with Crippen LogP contribution in [0, 0.1) is 0 Å². The fourth-order valence-electron chi connectivity index (χ4n) is 1.51. The number of aromatic nitrogens is 2. The lowest BCUT2D eigenvalue weighted by atomic mass is 10.2. The van der Waals surface area contributed by atoms with Crippen LogP contribution in [0.2, 0.25) is 0 Å². The maximum Gasteiger partial charge on any atom is 0.244 e. The number of carbonyl (C=O) groups excluding carboxylic acids is 1. The van der Waals surface area contributed by atoms with Crippen molar-refractivity contribution in [3.8, 4) is 5.75 Å². The van der Waals surface area contributed by atoms with Crippen molar-refractivity contribution in [3.63, 3.8) is 0 Å². The number of H-pyrrole nitrogens is 1. The summed E-state index contributed by atoms with van der Waals surface area (Å²) in [7, 11) is 1.62. The van der Waals surface area contributed by atoms with Gasteiger partial charge in [0.05, 0.1) is 13.3 Å². The molecule has 0 aliphatic carbocycles. The number of carbonyl (C=O) groups is 1. The number of benzene rings is 1. The van der Waals surface area contributed by atoms with E-state index >= 15 is 0 Å². The molecule has 0 atom stereocenters. The van der Waals surface area contributed by atoms with Crippen molar-refractivity contribution in [2.75, 3.05) is 7.11 Å². The van der Waals surface area contributed by atoms with Gasteiger partial charge in [0, 0.05) is 24.4 Å². The van der Waals surface area contributed by atoms with Gasteiger partial charge in [-0.2, -0.15) is 5.10 Å². The van der Waals surface area contributed by atoms with Crippen LogP contribution in [0.4, 0.5) is 0 Å². The van der Waals surface area contributed by atoms with Gasteiger partial charge in [0.2, 0.25) is 5.91 Å². The van der Waals surface area contributed by atoms with Crippen LogP contribution in [-0.4, -0.2) is 23.2 Å². The van der Waals surface area contributed by atoms with Crippen molar-refractivity contribution in [1.29, 1.82) is 0 Å². The highest BCUT2D eigenvalue weighted by atomic mass is 16.5. The van der Waals surface area contributed by atoms with Crippen molar-refractivity contribution < 1.29 is 9.53 Å². The number of methoxy groups -OCH3 is 1. The minimum absolute atomic E-state index is 0.142. The average molecular weight is 257 g/mol. The summed E-state index contributed by atoms with van der Waals surface area (Å²) in [5.74, 6) is 0.651. The number of rotatable bonds is 5. The van der Waals surface area contributed by atoms with E-state index < -0.39 is 0 Å². The average Bonchev–Trinajstić information content (AvgIpc) is 2.96. The van der Waals surface area contributed by atoms with E-state index in [1.54, 1.807) is 25.6 Å². The van der Waals surface area contributed by atoms with Crippen LogP contribution in [0.1, 0.15) is 11.1 Å². The first-order valence-electron chi connectivity index (χ1n) is 5.85. The number of hydrogen-bond acceptors (Lipinski definition) is 3. The molecule has 1 amide bonds. The number of aromatic amines is 1. The Morgan fingerprint density at radius 3 is 2.84 bits per heavy atom. The van der Waals surface area contributed by atoms with Gasteiger partial charge in [-0.25, -0.2) is 0 Å². The lowest BCUT2D eigenvalue weighted by Gasteiger charge is -2.00. The van der Waals surface area contributed by atoms with Crippen LogP contribution in [0.5, 0.6) is 5.75 Å². The van der Waals surface area contributed by atoms with Crippen molar-refractivity contribution >= 4 is 12.0 Å². The second-order valence-corrected chi connectivity index (χ2v) is 3.93. The Kier molecular flexibility index (Phi) is 4.34. The standard InChI is InChI=1S/C14H15N3O2/c1-19-13-5-2-11(3-6-13)4-7-14(18)15-8-12-9-16-17-10-12/h2-7,9-10H,8H2,1H3,(H,15,18)(H,16,17)/b7-4+. The third-order valence-corrected chi connectivity index (χ3v) is 2.56. The van der Waals surface area contributed by atoms with Crippen LogP contribution in [-0.2, 0) is 11.3 Å². The molecule has 0 saturated carbocycles. The fourth-order valence-corrected chi connectivity index (χ4v) is 1.51. The predicted octanol–water partition coefficient (Wildman–Crippen LogP) is 1.75. The highest BCUT2D eigenvalue weighted by Crippen LogP contribution is 2.12. The molecule has 19 heavy (non-hydrogen) atoms. The summed E-state index contributed by atoms with van der Waals surface area (Å²) in [6.07, 6.45) is 6.67. The van der Waals surface area contributed by atoms with E-state index in [1.807, 2.05) is 24.3 Å². The topological polar surface area (TPSA) is 67.0 Å². The second kappa shape index (κ2) is 6.39.